The third kappa shape index (κ3) is 7.58. The molecule has 0 bridgehead atoms. The first-order valence-electron chi connectivity index (χ1n) is 5.06. The van der Waals surface area contributed by atoms with Gasteiger partial charge in [-0.1, -0.05) is 0 Å². The van der Waals surface area contributed by atoms with Gasteiger partial charge in [0, 0.05) is 25.9 Å². The Morgan fingerprint density at radius 1 is 1.07 bits per heavy atom. The van der Waals surface area contributed by atoms with Crippen molar-refractivity contribution in [2.24, 2.45) is 0 Å². The summed E-state index contributed by atoms with van der Waals surface area (Å²) in [5.74, 6) is 0.103. The van der Waals surface area contributed by atoms with Crippen LogP contribution in [0.3, 0.4) is 0 Å². The van der Waals surface area contributed by atoms with Crippen LogP contribution in [0.5, 0.6) is 0 Å². The van der Waals surface area contributed by atoms with Crippen molar-refractivity contribution in [3.63, 3.8) is 0 Å². The lowest BCUT2D eigenvalue weighted by atomic mass is 10.2. The molecule has 0 saturated carbocycles. The molecule has 0 aliphatic rings. The van der Waals surface area contributed by atoms with Crippen molar-refractivity contribution in [3.8, 4) is 0 Å². The number of hydrogen-bond donors (Lipinski definition) is 2. The molecule has 2 N–H and O–H groups in total. The Kier molecular flexibility index (Phi) is 6.80. The molecule has 0 radical (unpaired) electrons. The van der Waals surface area contributed by atoms with Gasteiger partial charge in [0.2, 0.25) is 11.8 Å². The van der Waals surface area contributed by atoms with Gasteiger partial charge in [-0.3, -0.25) is 9.59 Å². The van der Waals surface area contributed by atoms with E-state index < -0.39 is 0 Å². The van der Waals surface area contributed by atoms with Gasteiger partial charge in [0.25, 0.3) is 0 Å². The molecule has 0 aromatic heterocycles. The highest BCUT2D eigenvalue weighted by atomic mass is 16.2. The summed E-state index contributed by atoms with van der Waals surface area (Å²) < 4.78 is 0. The third-order valence-electron chi connectivity index (χ3n) is 1.79. The molecule has 0 saturated heterocycles. The standard InChI is InChI=1S/C10H20N2O2/c1-8(2)12-10(14)7-5-4-6-9(13)11-3/h8H,4-7H2,1-3H3,(H,11,13)(H,12,14). The number of unbranched alkanes of at least 4 members (excludes halogenated alkanes) is 1. The maximum Gasteiger partial charge on any atom is 0.220 e. The van der Waals surface area contributed by atoms with Crippen molar-refractivity contribution in [3.05, 3.63) is 0 Å². The van der Waals surface area contributed by atoms with E-state index in [1.165, 1.54) is 0 Å². The number of rotatable bonds is 6. The lowest BCUT2D eigenvalue weighted by molar-refractivity contribution is -0.123. The lowest BCUT2D eigenvalue weighted by Crippen LogP contribution is -2.29. The number of nitrogens with one attached hydrogen (secondary N) is 2. The van der Waals surface area contributed by atoms with Crippen LogP contribution in [0.15, 0.2) is 0 Å². The smallest absolute Gasteiger partial charge is 0.220 e. The summed E-state index contributed by atoms with van der Waals surface area (Å²) in [6, 6.07) is 0.196. The van der Waals surface area contributed by atoms with Gasteiger partial charge in [0.1, 0.15) is 0 Å². The molecule has 0 unspecified atom stereocenters. The zero-order chi connectivity index (χ0) is 11.0. The molecule has 0 atom stereocenters. The zero-order valence-electron chi connectivity index (χ0n) is 9.22. The van der Waals surface area contributed by atoms with Crippen molar-refractivity contribution in [2.45, 2.75) is 45.6 Å². The summed E-state index contributed by atoms with van der Waals surface area (Å²) in [6.45, 7) is 3.87. The molecule has 0 heterocycles. The monoisotopic (exact) mass is 200 g/mol. The van der Waals surface area contributed by atoms with Crippen LogP contribution < -0.4 is 10.6 Å². The molecule has 4 nitrogen and oxygen atoms in total. The number of hydrogen-bond acceptors (Lipinski definition) is 2. The highest BCUT2D eigenvalue weighted by molar-refractivity contribution is 5.77. The summed E-state index contributed by atoms with van der Waals surface area (Å²) in [4.78, 5) is 22.0. The molecular formula is C10H20N2O2. The fraction of sp³-hybridized carbons (Fsp3) is 0.800. The second-order valence-corrected chi connectivity index (χ2v) is 3.60. The van der Waals surface area contributed by atoms with E-state index in [0.29, 0.717) is 12.8 Å². The molecule has 0 spiro atoms. The molecule has 4 heteroatoms. The van der Waals surface area contributed by atoms with E-state index in [1.807, 2.05) is 13.8 Å². The van der Waals surface area contributed by atoms with E-state index in [2.05, 4.69) is 10.6 Å². The topological polar surface area (TPSA) is 58.2 Å². The summed E-state index contributed by atoms with van der Waals surface area (Å²) in [6.07, 6.45) is 2.55. The quantitative estimate of drug-likeness (QED) is 0.624. The molecule has 0 aromatic rings. The Labute approximate surface area is 85.4 Å². The molecule has 0 aromatic carbocycles. The molecule has 0 fully saturated rings. The molecule has 82 valence electrons. The van der Waals surface area contributed by atoms with Gasteiger partial charge < -0.3 is 10.6 Å². The van der Waals surface area contributed by atoms with Crippen molar-refractivity contribution < 1.29 is 9.59 Å². The fourth-order valence-electron chi connectivity index (χ4n) is 1.09. The van der Waals surface area contributed by atoms with E-state index in [9.17, 15) is 9.59 Å². The molecule has 0 aliphatic heterocycles. The van der Waals surface area contributed by atoms with Crippen molar-refractivity contribution >= 4 is 11.8 Å². The van der Waals surface area contributed by atoms with E-state index in [1.54, 1.807) is 7.05 Å². The van der Waals surface area contributed by atoms with Gasteiger partial charge in [-0.15, -0.1) is 0 Å². The average Bonchev–Trinajstić information content (AvgIpc) is 2.10. The van der Waals surface area contributed by atoms with Crippen LogP contribution in [0.4, 0.5) is 0 Å². The molecule has 0 aliphatic carbocycles. The minimum atomic E-state index is 0.0364. The number of amides is 2. The van der Waals surface area contributed by atoms with Crippen LogP contribution in [-0.2, 0) is 9.59 Å². The fourth-order valence-corrected chi connectivity index (χ4v) is 1.09. The summed E-state index contributed by atoms with van der Waals surface area (Å²) in [7, 11) is 1.62. The van der Waals surface area contributed by atoms with Crippen LogP contribution >= 0.6 is 0 Å². The Hall–Kier alpha value is -1.06. The molecule has 0 rings (SSSR count). The predicted molar refractivity (Wildman–Crippen MR) is 55.8 cm³/mol. The van der Waals surface area contributed by atoms with Gasteiger partial charge in [0.15, 0.2) is 0 Å². The Balaban J connectivity index is 3.36. The Bertz CT molecular complexity index is 191. The summed E-state index contributed by atoms with van der Waals surface area (Å²) in [5, 5.41) is 5.35. The highest BCUT2D eigenvalue weighted by Crippen LogP contribution is 1.99. The maximum atomic E-state index is 11.2. The van der Waals surface area contributed by atoms with E-state index in [-0.39, 0.29) is 17.9 Å². The Morgan fingerprint density at radius 2 is 1.57 bits per heavy atom. The van der Waals surface area contributed by atoms with Crippen LogP contribution in [-0.4, -0.2) is 24.9 Å². The molecule has 2 amide bonds. The molecular weight excluding hydrogens is 180 g/mol. The number of carbonyl (C=O) groups excluding carboxylic acids is 2. The van der Waals surface area contributed by atoms with Crippen molar-refractivity contribution in [1.82, 2.24) is 10.6 Å². The first-order valence-corrected chi connectivity index (χ1v) is 5.06. The van der Waals surface area contributed by atoms with E-state index in [4.69, 9.17) is 0 Å². The minimum absolute atomic E-state index is 0.0364. The third-order valence-corrected chi connectivity index (χ3v) is 1.79. The van der Waals surface area contributed by atoms with Crippen LogP contribution in [0, 0.1) is 0 Å². The van der Waals surface area contributed by atoms with Crippen molar-refractivity contribution in [2.75, 3.05) is 7.05 Å². The van der Waals surface area contributed by atoms with E-state index in [0.717, 1.165) is 12.8 Å². The first-order chi connectivity index (χ1) is 6.56. The summed E-state index contributed by atoms with van der Waals surface area (Å²) in [5.41, 5.74) is 0. The van der Waals surface area contributed by atoms with Gasteiger partial charge >= 0.3 is 0 Å². The second kappa shape index (κ2) is 7.35. The minimum Gasteiger partial charge on any atom is -0.359 e. The van der Waals surface area contributed by atoms with Gasteiger partial charge in [-0.25, -0.2) is 0 Å². The zero-order valence-corrected chi connectivity index (χ0v) is 9.22. The molecule has 14 heavy (non-hydrogen) atoms. The SMILES string of the molecule is CNC(=O)CCCCC(=O)NC(C)C. The first kappa shape index (κ1) is 12.9. The average molecular weight is 200 g/mol. The van der Waals surface area contributed by atoms with Crippen LogP contribution in [0.1, 0.15) is 39.5 Å². The normalized spacial score (nSPS) is 10.0. The summed E-state index contributed by atoms with van der Waals surface area (Å²) >= 11 is 0. The lowest BCUT2D eigenvalue weighted by Gasteiger charge is -2.07. The van der Waals surface area contributed by atoms with Gasteiger partial charge in [-0.05, 0) is 26.7 Å². The largest absolute Gasteiger partial charge is 0.359 e. The van der Waals surface area contributed by atoms with E-state index >= 15 is 0 Å². The van der Waals surface area contributed by atoms with Crippen molar-refractivity contribution in [1.29, 1.82) is 0 Å². The maximum absolute atomic E-state index is 11.2. The second-order valence-electron chi connectivity index (χ2n) is 3.60. The van der Waals surface area contributed by atoms with Crippen LogP contribution in [0.25, 0.3) is 0 Å². The van der Waals surface area contributed by atoms with Crippen LogP contribution in [0.2, 0.25) is 0 Å². The predicted octanol–water partition coefficient (Wildman–Crippen LogP) is 0.817. The Morgan fingerprint density at radius 3 is 2.00 bits per heavy atom. The van der Waals surface area contributed by atoms with Gasteiger partial charge in [-0.2, -0.15) is 0 Å². The van der Waals surface area contributed by atoms with Gasteiger partial charge in [0.05, 0.1) is 0 Å². The number of carbonyl (C=O) groups is 2. The highest BCUT2D eigenvalue weighted by Gasteiger charge is 2.03.